The average molecular weight is 339 g/mol. The lowest BCUT2D eigenvalue weighted by Crippen LogP contribution is -2.28. The van der Waals surface area contributed by atoms with Crippen molar-refractivity contribution in [1.29, 1.82) is 0 Å². The van der Waals surface area contributed by atoms with Crippen molar-refractivity contribution in [3.05, 3.63) is 47.4 Å². The highest BCUT2D eigenvalue weighted by Crippen LogP contribution is 2.32. The third-order valence-corrected chi connectivity index (χ3v) is 5.34. The largest absolute Gasteiger partial charge is 0.302 e. The standard InChI is InChI=1S/C17H17N5OS/c1-10-4-2-3-5-12(10)15-9-18-17(24-15)19-16(23)11-6-7-13-14(8-11)21-22-20-13/h2-5,9,11H,6-8H2,1H3,(H,18,19,23)(H,20,21,22)/t11-/m1/s1. The molecule has 122 valence electrons. The topological polar surface area (TPSA) is 83.6 Å². The molecule has 6 nitrogen and oxygen atoms in total. The highest BCUT2D eigenvalue weighted by Gasteiger charge is 2.27. The Morgan fingerprint density at radius 3 is 3.00 bits per heavy atom. The number of fused-ring (bicyclic) bond motifs is 1. The van der Waals surface area contributed by atoms with Crippen molar-refractivity contribution in [1.82, 2.24) is 20.4 Å². The lowest BCUT2D eigenvalue weighted by molar-refractivity contribution is -0.120. The van der Waals surface area contributed by atoms with Crippen LogP contribution in [0.2, 0.25) is 0 Å². The first-order chi connectivity index (χ1) is 11.7. The van der Waals surface area contributed by atoms with Crippen LogP contribution in [-0.4, -0.2) is 26.3 Å². The van der Waals surface area contributed by atoms with Crippen molar-refractivity contribution in [2.75, 3.05) is 5.32 Å². The van der Waals surface area contributed by atoms with E-state index in [9.17, 15) is 4.79 Å². The van der Waals surface area contributed by atoms with Gasteiger partial charge in [-0.05, 0) is 30.9 Å². The number of carbonyl (C=O) groups is 1. The number of aromatic nitrogens is 4. The van der Waals surface area contributed by atoms with E-state index in [0.29, 0.717) is 11.6 Å². The van der Waals surface area contributed by atoms with Crippen molar-refractivity contribution in [3.8, 4) is 10.4 Å². The summed E-state index contributed by atoms with van der Waals surface area (Å²) < 4.78 is 0. The van der Waals surface area contributed by atoms with E-state index in [1.165, 1.54) is 16.9 Å². The van der Waals surface area contributed by atoms with Gasteiger partial charge in [-0.15, -0.1) is 0 Å². The van der Waals surface area contributed by atoms with E-state index in [1.54, 1.807) is 0 Å². The van der Waals surface area contributed by atoms with E-state index in [-0.39, 0.29) is 11.8 Å². The molecule has 3 aromatic rings. The molecule has 0 bridgehead atoms. The number of benzene rings is 1. The summed E-state index contributed by atoms with van der Waals surface area (Å²) in [6.07, 6.45) is 4.03. The molecule has 1 aliphatic carbocycles. The molecule has 0 saturated heterocycles. The maximum atomic E-state index is 12.5. The van der Waals surface area contributed by atoms with Gasteiger partial charge in [0.1, 0.15) is 0 Å². The van der Waals surface area contributed by atoms with E-state index in [4.69, 9.17) is 0 Å². The Balaban J connectivity index is 1.47. The second-order valence-corrected chi connectivity index (χ2v) is 7.02. The summed E-state index contributed by atoms with van der Waals surface area (Å²) in [6, 6.07) is 8.17. The van der Waals surface area contributed by atoms with Gasteiger partial charge in [0.15, 0.2) is 5.13 Å². The first-order valence-corrected chi connectivity index (χ1v) is 8.73. The number of thiazole rings is 1. The maximum Gasteiger partial charge on any atom is 0.229 e. The van der Waals surface area contributed by atoms with E-state index >= 15 is 0 Å². The number of amides is 1. The molecule has 2 heterocycles. The predicted octanol–water partition coefficient (Wildman–Crippen LogP) is 2.98. The minimum Gasteiger partial charge on any atom is -0.302 e. The molecule has 7 heteroatoms. The van der Waals surface area contributed by atoms with Crippen LogP contribution in [0.15, 0.2) is 30.5 Å². The highest BCUT2D eigenvalue weighted by atomic mass is 32.1. The number of hydrogen-bond donors (Lipinski definition) is 2. The zero-order chi connectivity index (χ0) is 16.5. The van der Waals surface area contributed by atoms with Gasteiger partial charge in [0.05, 0.1) is 16.3 Å². The van der Waals surface area contributed by atoms with Crippen LogP contribution >= 0.6 is 11.3 Å². The van der Waals surface area contributed by atoms with Crippen molar-refractivity contribution in [2.24, 2.45) is 5.92 Å². The van der Waals surface area contributed by atoms with Crippen molar-refractivity contribution < 1.29 is 4.79 Å². The third kappa shape index (κ3) is 2.82. The van der Waals surface area contributed by atoms with Crippen LogP contribution in [-0.2, 0) is 17.6 Å². The van der Waals surface area contributed by atoms with Gasteiger partial charge in [-0.3, -0.25) is 4.79 Å². The maximum absolute atomic E-state index is 12.5. The Labute approximate surface area is 143 Å². The first-order valence-electron chi connectivity index (χ1n) is 7.92. The van der Waals surface area contributed by atoms with Gasteiger partial charge in [0, 0.05) is 18.5 Å². The molecule has 0 unspecified atom stereocenters. The molecule has 0 fully saturated rings. The number of aryl methyl sites for hydroxylation is 2. The lowest BCUT2D eigenvalue weighted by Gasteiger charge is -2.18. The van der Waals surface area contributed by atoms with E-state index < -0.39 is 0 Å². The van der Waals surface area contributed by atoms with E-state index in [1.807, 2.05) is 18.3 Å². The number of nitrogens with zero attached hydrogens (tertiary/aromatic N) is 3. The zero-order valence-corrected chi connectivity index (χ0v) is 14.1. The average Bonchev–Trinajstić information content (AvgIpc) is 3.23. The number of rotatable bonds is 3. The molecule has 24 heavy (non-hydrogen) atoms. The van der Waals surface area contributed by atoms with Gasteiger partial charge in [0.2, 0.25) is 5.91 Å². The number of hydrogen-bond acceptors (Lipinski definition) is 5. The van der Waals surface area contributed by atoms with Crippen LogP contribution in [0.25, 0.3) is 10.4 Å². The van der Waals surface area contributed by atoms with Gasteiger partial charge >= 0.3 is 0 Å². The molecule has 1 aliphatic rings. The predicted molar refractivity (Wildman–Crippen MR) is 92.8 cm³/mol. The fraction of sp³-hybridized carbons (Fsp3) is 0.294. The Kier molecular flexibility index (Phi) is 3.86. The SMILES string of the molecule is Cc1ccccc1-c1cnc(NC(=O)[C@@H]2CCc3n[nH]nc3C2)s1. The summed E-state index contributed by atoms with van der Waals surface area (Å²) in [5.41, 5.74) is 4.24. The van der Waals surface area contributed by atoms with Crippen LogP contribution < -0.4 is 5.32 Å². The molecule has 4 rings (SSSR count). The van der Waals surface area contributed by atoms with Gasteiger partial charge < -0.3 is 5.32 Å². The van der Waals surface area contributed by atoms with Crippen LogP contribution in [0.5, 0.6) is 0 Å². The molecule has 0 aliphatic heterocycles. The monoisotopic (exact) mass is 339 g/mol. The summed E-state index contributed by atoms with van der Waals surface area (Å²) >= 11 is 1.50. The second-order valence-electron chi connectivity index (χ2n) is 5.99. The zero-order valence-electron chi connectivity index (χ0n) is 13.2. The van der Waals surface area contributed by atoms with E-state index in [0.717, 1.165) is 34.7 Å². The van der Waals surface area contributed by atoms with Crippen LogP contribution in [0.3, 0.4) is 0 Å². The summed E-state index contributed by atoms with van der Waals surface area (Å²) in [7, 11) is 0. The summed E-state index contributed by atoms with van der Waals surface area (Å²) in [4.78, 5) is 17.9. The van der Waals surface area contributed by atoms with Gasteiger partial charge in [0.25, 0.3) is 0 Å². The normalized spacial score (nSPS) is 16.6. The Hall–Kier alpha value is -2.54. The lowest BCUT2D eigenvalue weighted by atomic mass is 9.89. The Bertz CT molecular complexity index is 885. The van der Waals surface area contributed by atoms with Gasteiger partial charge in [-0.25, -0.2) is 4.98 Å². The minimum absolute atomic E-state index is 0.00864. The van der Waals surface area contributed by atoms with Gasteiger partial charge in [-0.2, -0.15) is 15.4 Å². The summed E-state index contributed by atoms with van der Waals surface area (Å²) in [6.45, 7) is 2.07. The van der Waals surface area contributed by atoms with Crippen molar-refractivity contribution in [3.63, 3.8) is 0 Å². The summed E-state index contributed by atoms with van der Waals surface area (Å²) in [5.74, 6) is -0.0669. The molecule has 1 atom stereocenters. The van der Waals surface area contributed by atoms with Gasteiger partial charge in [-0.1, -0.05) is 35.6 Å². The molecule has 0 saturated carbocycles. The fourth-order valence-corrected chi connectivity index (χ4v) is 3.93. The van der Waals surface area contributed by atoms with Crippen molar-refractivity contribution in [2.45, 2.75) is 26.2 Å². The molecular weight excluding hydrogens is 322 g/mol. The highest BCUT2D eigenvalue weighted by molar-refractivity contribution is 7.19. The number of carbonyl (C=O) groups excluding carboxylic acids is 1. The minimum atomic E-state index is -0.0755. The Morgan fingerprint density at radius 2 is 2.12 bits per heavy atom. The molecular formula is C17H17N5OS. The number of anilines is 1. The van der Waals surface area contributed by atoms with E-state index in [2.05, 4.69) is 44.8 Å². The van der Waals surface area contributed by atoms with Crippen LogP contribution in [0.1, 0.15) is 23.4 Å². The molecule has 2 aromatic heterocycles. The molecule has 2 N–H and O–H groups in total. The number of aromatic amines is 1. The van der Waals surface area contributed by atoms with Crippen LogP contribution in [0, 0.1) is 12.8 Å². The number of nitrogens with one attached hydrogen (secondary N) is 2. The third-order valence-electron chi connectivity index (χ3n) is 4.39. The fourth-order valence-electron chi connectivity index (χ4n) is 3.02. The summed E-state index contributed by atoms with van der Waals surface area (Å²) in [5, 5.41) is 14.5. The van der Waals surface area contributed by atoms with Crippen LogP contribution in [0.4, 0.5) is 5.13 Å². The molecule has 0 radical (unpaired) electrons. The quantitative estimate of drug-likeness (QED) is 0.768. The Morgan fingerprint density at radius 1 is 1.29 bits per heavy atom. The first kappa shape index (κ1) is 15.0. The number of H-pyrrole nitrogens is 1. The second kappa shape index (κ2) is 6.16. The molecule has 0 spiro atoms. The molecule has 1 amide bonds. The van der Waals surface area contributed by atoms with Crippen molar-refractivity contribution >= 4 is 22.4 Å². The smallest absolute Gasteiger partial charge is 0.229 e. The molecule has 1 aromatic carbocycles.